The summed E-state index contributed by atoms with van der Waals surface area (Å²) in [6, 6.07) is 3.73. The van der Waals surface area contributed by atoms with Crippen molar-refractivity contribution in [1.82, 2.24) is 0 Å². The number of carboxylic acids is 1. The van der Waals surface area contributed by atoms with Gasteiger partial charge in [0.2, 0.25) is 0 Å². The molecule has 0 radical (unpaired) electrons. The fourth-order valence-electron chi connectivity index (χ4n) is 2.06. The van der Waals surface area contributed by atoms with Gasteiger partial charge in [-0.1, -0.05) is 13.8 Å². The Balaban J connectivity index is 3.30. The van der Waals surface area contributed by atoms with Crippen LogP contribution in [0.5, 0.6) is 11.5 Å². The number of rotatable bonds is 5. The van der Waals surface area contributed by atoms with Crippen molar-refractivity contribution in [1.29, 1.82) is 0 Å². The lowest BCUT2D eigenvalue weighted by Crippen LogP contribution is -2.22. The summed E-state index contributed by atoms with van der Waals surface area (Å²) in [4.78, 5) is 10.9. The van der Waals surface area contributed by atoms with E-state index in [4.69, 9.17) is 14.6 Å². The third-order valence-electron chi connectivity index (χ3n) is 3.04. The molecule has 0 spiro atoms. The van der Waals surface area contributed by atoms with E-state index in [1.807, 2.05) is 26.8 Å². The first-order valence-electron chi connectivity index (χ1n) is 5.76. The van der Waals surface area contributed by atoms with Crippen LogP contribution < -0.4 is 9.47 Å². The highest BCUT2D eigenvalue weighted by atomic mass is 16.5. The maximum atomic E-state index is 10.9. The molecule has 1 aromatic rings. The van der Waals surface area contributed by atoms with Gasteiger partial charge in [0, 0.05) is 17.0 Å². The van der Waals surface area contributed by atoms with Crippen LogP contribution in [0.25, 0.3) is 0 Å². The first kappa shape index (κ1) is 14.4. The zero-order valence-electron chi connectivity index (χ0n) is 11.5. The molecule has 0 amide bonds. The summed E-state index contributed by atoms with van der Waals surface area (Å²) in [6.45, 7) is 5.72. The lowest BCUT2D eigenvalue weighted by Gasteiger charge is -2.26. The van der Waals surface area contributed by atoms with Gasteiger partial charge in [-0.3, -0.25) is 4.79 Å². The molecular weight excluding hydrogens is 232 g/mol. The van der Waals surface area contributed by atoms with Crippen LogP contribution in [-0.2, 0) is 10.2 Å². The summed E-state index contributed by atoms with van der Waals surface area (Å²) in [5, 5.41) is 8.98. The fraction of sp³-hybridized carbons (Fsp3) is 0.500. The standard InChI is InChI=1S/C14H20O4/c1-9-6-10(14(2,3)8-13(15)16)12(18-5)7-11(9)17-4/h6-7H,8H2,1-5H3,(H,15,16). The summed E-state index contributed by atoms with van der Waals surface area (Å²) in [6.07, 6.45) is 0.0507. The van der Waals surface area contributed by atoms with Crippen LogP contribution in [0.3, 0.4) is 0 Å². The predicted molar refractivity (Wildman–Crippen MR) is 69.6 cm³/mol. The number of aryl methyl sites for hydroxylation is 1. The largest absolute Gasteiger partial charge is 0.496 e. The second-order valence-electron chi connectivity index (χ2n) is 4.98. The SMILES string of the molecule is COc1cc(OC)c(C(C)(C)CC(=O)O)cc1C. The number of hydrogen-bond donors (Lipinski definition) is 1. The number of hydrogen-bond acceptors (Lipinski definition) is 3. The number of ether oxygens (including phenoxy) is 2. The second-order valence-corrected chi connectivity index (χ2v) is 4.98. The Morgan fingerprint density at radius 1 is 1.22 bits per heavy atom. The van der Waals surface area contributed by atoms with Crippen molar-refractivity contribution in [3.8, 4) is 11.5 Å². The van der Waals surface area contributed by atoms with Gasteiger partial charge in [0.05, 0.1) is 20.6 Å². The number of carbonyl (C=O) groups is 1. The molecule has 18 heavy (non-hydrogen) atoms. The van der Waals surface area contributed by atoms with Crippen LogP contribution in [0.2, 0.25) is 0 Å². The van der Waals surface area contributed by atoms with Gasteiger partial charge in [0.1, 0.15) is 11.5 Å². The van der Waals surface area contributed by atoms with Crippen LogP contribution in [-0.4, -0.2) is 25.3 Å². The third kappa shape index (κ3) is 2.94. The Bertz CT molecular complexity index is 449. The van der Waals surface area contributed by atoms with Crippen molar-refractivity contribution in [3.05, 3.63) is 23.3 Å². The normalized spacial score (nSPS) is 11.2. The fourth-order valence-corrected chi connectivity index (χ4v) is 2.06. The smallest absolute Gasteiger partial charge is 0.304 e. The van der Waals surface area contributed by atoms with Crippen LogP contribution >= 0.6 is 0 Å². The lowest BCUT2D eigenvalue weighted by atomic mass is 9.80. The third-order valence-corrected chi connectivity index (χ3v) is 3.04. The zero-order valence-corrected chi connectivity index (χ0v) is 11.5. The van der Waals surface area contributed by atoms with Gasteiger partial charge >= 0.3 is 5.97 Å². The molecule has 0 aliphatic rings. The quantitative estimate of drug-likeness (QED) is 0.875. The molecule has 0 unspecified atom stereocenters. The number of methoxy groups -OCH3 is 2. The van der Waals surface area contributed by atoms with Gasteiger partial charge in [-0.05, 0) is 18.6 Å². The molecule has 1 N–H and O–H groups in total. The van der Waals surface area contributed by atoms with E-state index in [0.717, 1.165) is 16.9 Å². The topological polar surface area (TPSA) is 55.8 Å². The van der Waals surface area contributed by atoms with E-state index in [0.29, 0.717) is 5.75 Å². The molecule has 1 rings (SSSR count). The molecule has 0 bridgehead atoms. The Hall–Kier alpha value is -1.71. The van der Waals surface area contributed by atoms with Crippen LogP contribution in [0, 0.1) is 6.92 Å². The monoisotopic (exact) mass is 252 g/mol. The highest BCUT2D eigenvalue weighted by Gasteiger charge is 2.28. The van der Waals surface area contributed by atoms with E-state index in [9.17, 15) is 4.79 Å². The minimum Gasteiger partial charge on any atom is -0.496 e. The maximum Gasteiger partial charge on any atom is 0.304 e. The molecular formula is C14H20O4. The lowest BCUT2D eigenvalue weighted by molar-refractivity contribution is -0.138. The van der Waals surface area contributed by atoms with Gasteiger partial charge in [0.25, 0.3) is 0 Å². The Labute approximate surface area is 108 Å². The van der Waals surface area contributed by atoms with E-state index < -0.39 is 11.4 Å². The van der Waals surface area contributed by atoms with E-state index in [-0.39, 0.29) is 6.42 Å². The highest BCUT2D eigenvalue weighted by molar-refractivity contribution is 5.69. The summed E-state index contributed by atoms with van der Waals surface area (Å²) in [5.74, 6) is 0.570. The number of aliphatic carboxylic acids is 1. The molecule has 100 valence electrons. The van der Waals surface area contributed by atoms with Crippen molar-refractivity contribution in [3.63, 3.8) is 0 Å². The average Bonchev–Trinajstić information content (AvgIpc) is 2.27. The molecule has 0 heterocycles. The second kappa shape index (κ2) is 5.29. The molecule has 1 aromatic carbocycles. The van der Waals surface area contributed by atoms with Crippen LogP contribution in [0.15, 0.2) is 12.1 Å². The minimum atomic E-state index is -0.824. The van der Waals surface area contributed by atoms with Gasteiger partial charge < -0.3 is 14.6 Å². The molecule has 0 aromatic heterocycles. The van der Waals surface area contributed by atoms with Crippen LogP contribution in [0.1, 0.15) is 31.4 Å². The van der Waals surface area contributed by atoms with Gasteiger partial charge in [0.15, 0.2) is 0 Å². The molecule has 0 saturated heterocycles. The van der Waals surface area contributed by atoms with Crippen molar-refractivity contribution < 1.29 is 19.4 Å². The summed E-state index contributed by atoms with van der Waals surface area (Å²) >= 11 is 0. The molecule has 0 fully saturated rings. The Morgan fingerprint density at radius 3 is 2.22 bits per heavy atom. The van der Waals surface area contributed by atoms with Gasteiger partial charge in [-0.2, -0.15) is 0 Å². The number of benzene rings is 1. The summed E-state index contributed by atoms with van der Waals surface area (Å²) in [7, 11) is 3.17. The van der Waals surface area contributed by atoms with Crippen molar-refractivity contribution in [2.24, 2.45) is 0 Å². The molecule has 4 heteroatoms. The minimum absolute atomic E-state index is 0.0507. The van der Waals surface area contributed by atoms with E-state index in [1.165, 1.54) is 0 Å². The van der Waals surface area contributed by atoms with Crippen molar-refractivity contribution >= 4 is 5.97 Å². The van der Waals surface area contributed by atoms with E-state index >= 15 is 0 Å². The Morgan fingerprint density at radius 2 is 1.78 bits per heavy atom. The van der Waals surface area contributed by atoms with Gasteiger partial charge in [-0.15, -0.1) is 0 Å². The molecule has 0 saturated carbocycles. The molecule has 4 nitrogen and oxygen atoms in total. The van der Waals surface area contributed by atoms with Crippen molar-refractivity contribution in [2.45, 2.75) is 32.6 Å². The highest BCUT2D eigenvalue weighted by Crippen LogP contribution is 2.38. The van der Waals surface area contributed by atoms with E-state index in [2.05, 4.69) is 0 Å². The molecule has 0 aliphatic heterocycles. The first-order valence-corrected chi connectivity index (χ1v) is 5.76. The predicted octanol–water partition coefficient (Wildman–Crippen LogP) is 2.76. The van der Waals surface area contributed by atoms with Crippen LogP contribution in [0.4, 0.5) is 0 Å². The zero-order chi connectivity index (χ0) is 13.9. The van der Waals surface area contributed by atoms with Gasteiger partial charge in [-0.25, -0.2) is 0 Å². The summed E-state index contributed by atoms with van der Waals surface area (Å²) < 4.78 is 10.6. The maximum absolute atomic E-state index is 10.9. The Kier molecular flexibility index (Phi) is 4.22. The summed E-state index contributed by atoms with van der Waals surface area (Å²) in [5.41, 5.74) is 1.35. The first-order chi connectivity index (χ1) is 8.31. The molecule has 0 atom stereocenters. The average molecular weight is 252 g/mol. The van der Waals surface area contributed by atoms with E-state index in [1.54, 1.807) is 20.3 Å². The van der Waals surface area contributed by atoms with Crippen molar-refractivity contribution in [2.75, 3.05) is 14.2 Å². The molecule has 0 aliphatic carbocycles. The number of carboxylic acid groups (broad SMARTS) is 1.